The Balaban J connectivity index is 2.95. The van der Waals surface area contributed by atoms with Gasteiger partial charge in [0.05, 0.1) is 23.7 Å². The molecule has 0 aromatic rings. The molecule has 29 heavy (non-hydrogen) atoms. The lowest BCUT2D eigenvalue weighted by atomic mass is 9.80. The molecule has 1 saturated carbocycles. The molecule has 3 atom stereocenters. The van der Waals surface area contributed by atoms with Crippen LogP contribution in [0.25, 0.3) is 0 Å². The van der Waals surface area contributed by atoms with Gasteiger partial charge in [-0.05, 0) is 53.4 Å². The molecule has 7 nitrogen and oxygen atoms in total. The van der Waals surface area contributed by atoms with Crippen molar-refractivity contribution >= 4 is 12.0 Å². The molecule has 0 radical (unpaired) electrons. The summed E-state index contributed by atoms with van der Waals surface area (Å²) in [5.74, 6) is -0.601. The quantitative estimate of drug-likeness (QED) is 0.567. The molecule has 1 fully saturated rings. The largest absolute Gasteiger partial charge is 0.444 e. The molecule has 0 aromatic carbocycles. The van der Waals surface area contributed by atoms with E-state index in [1.807, 2.05) is 0 Å². The highest BCUT2D eigenvalue weighted by Crippen LogP contribution is 2.30. The van der Waals surface area contributed by atoms with Crippen molar-refractivity contribution in [1.82, 2.24) is 10.2 Å². The van der Waals surface area contributed by atoms with Gasteiger partial charge in [-0.15, -0.1) is 0 Å². The Morgan fingerprint density at radius 2 is 1.66 bits per heavy atom. The second-order valence-corrected chi connectivity index (χ2v) is 10.2. The van der Waals surface area contributed by atoms with E-state index in [-0.39, 0.29) is 12.3 Å². The average Bonchev–Trinajstić information content (AvgIpc) is 2.56. The smallest absolute Gasteiger partial charge is 0.407 e. The zero-order valence-corrected chi connectivity index (χ0v) is 19.3. The summed E-state index contributed by atoms with van der Waals surface area (Å²) in [7, 11) is 3.26. The fourth-order valence-corrected chi connectivity index (χ4v) is 3.96. The summed E-state index contributed by atoms with van der Waals surface area (Å²) in [6, 6.07) is -0.534. The maximum absolute atomic E-state index is 12.6. The Morgan fingerprint density at radius 3 is 2.10 bits per heavy atom. The van der Waals surface area contributed by atoms with Gasteiger partial charge >= 0.3 is 6.09 Å². The van der Waals surface area contributed by atoms with Crippen LogP contribution in [0.4, 0.5) is 4.79 Å². The third-order valence-electron chi connectivity index (χ3n) is 5.55. The van der Waals surface area contributed by atoms with Gasteiger partial charge in [0, 0.05) is 14.1 Å². The van der Waals surface area contributed by atoms with Crippen molar-refractivity contribution in [2.24, 2.45) is 11.8 Å². The van der Waals surface area contributed by atoms with Crippen LogP contribution in [0, 0.1) is 11.8 Å². The number of rotatable bonds is 8. The third-order valence-corrected chi connectivity index (χ3v) is 5.55. The van der Waals surface area contributed by atoms with Crippen LogP contribution in [-0.4, -0.2) is 64.6 Å². The Labute approximate surface area is 176 Å². The minimum Gasteiger partial charge on any atom is -0.444 e. The monoisotopic (exact) mass is 414 g/mol. The molecule has 1 aliphatic carbocycles. The summed E-state index contributed by atoms with van der Waals surface area (Å²) < 4.78 is 5.38. The highest BCUT2D eigenvalue weighted by molar-refractivity contribution is 5.79. The fraction of sp³-hybridized carbons (Fsp3) is 0.909. The first-order chi connectivity index (χ1) is 13.2. The molecule has 0 aliphatic heterocycles. The van der Waals surface area contributed by atoms with Gasteiger partial charge in [-0.3, -0.25) is 4.79 Å². The number of hydrogen-bond donors (Lipinski definition) is 3. The summed E-state index contributed by atoms with van der Waals surface area (Å²) in [4.78, 5) is 26.4. The predicted octanol–water partition coefficient (Wildman–Crippen LogP) is 3.08. The highest BCUT2D eigenvalue weighted by Gasteiger charge is 2.38. The molecule has 0 spiro atoms. The summed E-state index contributed by atoms with van der Waals surface area (Å²) in [6.45, 7) is 8.52. The van der Waals surface area contributed by atoms with Crippen LogP contribution >= 0.6 is 0 Å². The summed E-state index contributed by atoms with van der Waals surface area (Å²) in [6.07, 6.45) is 4.84. The van der Waals surface area contributed by atoms with Crippen LogP contribution < -0.4 is 5.32 Å². The van der Waals surface area contributed by atoms with Gasteiger partial charge in [0.25, 0.3) is 0 Å². The first-order valence-electron chi connectivity index (χ1n) is 10.8. The zero-order chi connectivity index (χ0) is 22.4. The standard InChI is InChI=1S/C22H42N2O5/c1-21(2,3)29-20(27)23-17(13-15-11-9-8-10-12-15)18(25)14-16(22(4,5)28)19(26)24(6)7/h15-18,25,28H,8-14H2,1-7H3,(H,23,27). The van der Waals surface area contributed by atoms with E-state index in [1.54, 1.807) is 48.7 Å². The zero-order valence-electron chi connectivity index (χ0n) is 19.3. The van der Waals surface area contributed by atoms with Crippen molar-refractivity contribution in [2.75, 3.05) is 14.1 Å². The van der Waals surface area contributed by atoms with E-state index >= 15 is 0 Å². The number of hydrogen-bond acceptors (Lipinski definition) is 5. The number of aliphatic hydroxyl groups is 2. The van der Waals surface area contributed by atoms with Crippen molar-refractivity contribution in [3.8, 4) is 0 Å². The maximum atomic E-state index is 12.6. The van der Waals surface area contributed by atoms with Gasteiger partial charge in [-0.1, -0.05) is 32.1 Å². The van der Waals surface area contributed by atoms with Crippen LogP contribution in [0.3, 0.4) is 0 Å². The highest BCUT2D eigenvalue weighted by atomic mass is 16.6. The number of carbonyl (C=O) groups excluding carboxylic acids is 2. The van der Waals surface area contributed by atoms with Gasteiger partial charge in [-0.25, -0.2) is 4.79 Å². The van der Waals surface area contributed by atoms with Gasteiger partial charge < -0.3 is 25.2 Å². The van der Waals surface area contributed by atoms with Crippen molar-refractivity contribution in [3.63, 3.8) is 0 Å². The molecule has 0 heterocycles. The van der Waals surface area contributed by atoms with E-state index in [9.17, 15) is 19.8 Å². The van der Waals surface area contributed by atoms with Crippen LogP contribution in [0.1, 0.15) is 79.6 Å². The number of nitrogens with one attached hydrogen (secondary N) is 1. The molecule has 170 valence electrons. The minimum absolute atomic E-state index is 0.0632. The first-order valence-corrected chi connectivity index (χ1v) is 10.8. The van der Waals surface area contributed by atoms with Crippen molar-refractivity contribution in [1.29, 1.82) is 0 Å². The van der Waals surface area contributed by atoms with Crippen molar-refractivity contribution < 1.29 is 24.5 Å². The maximum Gasteiger partial charge on any atom is 0.407 e. The van der Waals surface area contributed by atoms with E-state index in [0.717, 1.165) is 25.7 Å². The molecule has 2 amide bonds. The minimum atomic E-state index is -1.29. The second-order valence-electron chi connectivity index (χ2n) is 10.2. The first kappa shape index (κ1) is 25.7. The molecule has 0 bridgehead atoms. The average molecular weight is 415 g/mol. The van der Waals surface area contributed by atoms with Crippen molar-refractivity contribution in [3.05, 3.63) is 0 Å². The number of carbonyl (C=O) groups is 2. The Morgan fingerprint density at radius 1 is 1.10 bits per heavy atom. The number of amides is 2. The Kier molecular flexibility index (Phi) is 9.41. The summed E-state index contributed by atoms with van der Waals surface area (Å²) in [5, 5.41) is 24.3. The van der Waals surface area contributed by atoms with Crippen LogP contribution in [0.5, 0.6) is 0 Å². The van der Waals surface area contributed by atoms with Gasteiger partial charge in [0.1, 0.15) is 5.60 Å². The number of nitrogens with zero attached hydrogens (tertiary/aromatic N) is 1. The molecule has 7 heteroatoms. The normalized spacial score (nSPS) is 19.2. The van der Waals surface area contributed by atoms with Crippen LogP contribution in [0.2, 0.25) is 0 Å². The second kappa shape index (κ2) is 10.6. The van der Waals surface area contributed by atoms with E-state index in [2.05, 4.69) is 5.32 Å². The van der Waals surface area contributed by atoms with E-state index in [4.69, 9.17) is 4.74 Å². The van der Waals surface area contributed by atoms with Gasteiger partial charge in [0.2, 0.25) is 5.91 Å². The topological polar surface area (TPSA) is 99.1 Å². The molecular weight excluding hydrogens is 372 g/mol. The van der Waals surface area contributed by atoms with Gasteiger partial charge in [0.15, 0.2) is 0 Å². The molecule has 0 saturated heterocycles. The van der Waals surface area contributed by atoms with Crippen LogP contribution in [0.15, 0.2) is 0 Å². The number of ether oxygens (including phenoxy) is 1. The number of aliphatic hydroxyl groups excluding tert-OH is 1. The SMILES string of the molecule is CN(C)C(=O)C(CC(O)C(CC1CCCCC1)NC(=O)OC(C)(C)C)C(C)(C)O. The Hall–Kier alpha value is -1.34. The Bertz CT molecular complexity index is 530. The fourth-order valence-electron chi connectivity index (χ4n) is 3.96. The molecule has 3 unspecified atom stereocenters. The lowest BCUT2D eigenvalue weighted by Crippen LogP contribution is -2.50. The lowest BCUT2D eigenvalue weighted by molar-refractivity contribution is -0.143. The van der Waals surface area contributed by atoms with Gasteiger partial charge in [-0.2, -0.15) is 0 Å². The van der Waals surface area contributed by atoms with Crippen molar-refractivity contribution in [2.45, 2.75) is 103 Å². The van der Waals surface area contributed by atoms with E-state index < -0.39 is 35.4 Å². The lowest BCUT2D eigenvalue weighted by Gasteiger charge is -2.35. The van der Waals surface area contributed by atoms with E-state index in [0.29, 0.717) is 12.3 Å². The van der Waals surface area contributed by atoms with Crippen LogP contribution in [-0.2, 0) is 9.53 Å². The third kappa shape index (κ3) is 9.34. The summed E-state index contributed by atoms with van der Waals surface area (Å²) in [5.41, 5.74) is -1.93. The molecular formula is C22H42N2O5. The molecule has 1 rings (SSSR count). The predicted molar refractivity (Wildman–Crippen MR) is 113 cm³/mol. The summed E-state index contributed by atoms with van der Waals surface area (Å²) >= 11 is 0. The number of alkyl carbamates (subject to hydrolysis) is 1. The molecule has 3 N–H and O–H groups in total. The van der Waals surface area contributed by atoms with E-state index in [1.165, 1.54) is 11.3 Å². The molecule has 0 aromatic heterocycles. The molecule has 1 aliphatic rings.